The van der Waals surface area contributed by atoms with Crippen molar-refractivity contribution in [3.63, 3.8) is 0 Å². The van der Waals surface area contributed by atoms with E-state index in [4.69, 9.17) is 4.74 Å². The Bertz CT molecular complexity index is 618. The highest BCUT2D eigenvalue weighted by Crippen LogP contribution is 2.24. The third kappa shape index (κ3) is 2.69. The fourth-order valence-electron chi connectivity index (χ4n) is 2.05. The van der Waals surface area contributed by atoms with Crippen LogP contribution in [-0.2, 0) is 14.3 Å². The van der Waals surface area contributed by atoms with Crippen LogP contribution in [0.2, 0.25) is 0 Å². The summed E-state index contributed by atoms with van der Waals surface area (Å²) in [6, 6.07) is 5.26. The van der Waals surface area contributed by atoms with Gasteiger partial charge in [0.05, 0.1) is 11.1 Å². The minimum Gasteiger partial charge on any atom is -0.454 e. The molecule has 7 heteroatoms. The number of fused-ring (bicyclic) bond motifs is 1. The van der Waals surface area contributed by atoms with Crippen LogP contribution < -0.4 is 0 Å². The first-order valence-corrected chi connectivity index (χ1v) is 6.68. The second-order valence-electron chi connectivity index (χ2n) is 5.10. The molecule has 0 aliphatic carbocycles. The Morgan fingerprint density at radius 2 is 1.64 bits per heavy atom. The highest BCUT2D eigenvalue weighted by atomic mass is 16.5. The number of carbonyl (C=O) groups excluding carboxylic acids is 4. The zero-order valence-corrected chi connectivity index (χ0v) is 12.5. The number of amides is 3. The second-order valence-corrected chi connectivity index (χ2v) is 5.10. The summed E-state index contributed by atoms with van der Waals surface area (Å²) in [5, 5.41) is 0. The zero-order chi connectivity index (χ0) is 16.4. The maximum Gasteiger partial charge on any atom is 0.329 e. The van der Waals surface area contributed by atoms with Crippen molar-refractivity contribution in [1.82, 2.24) is 9.80 Å². The van der Waals surface area contributed by atoms with Crippen LogP contribution in [0.1, 0.15) is 27.6 Å². The lowest BCUT2D eigenvalue weighted by atomic mass is 10.1. The first kappa shape index (κ1) is 15.7. The van der Waals surface area contributed by atoms with E-state index in [1.807, 2.05) is 0 Å². The number of ether oxygens (including phenoxy) is 1. The second kappa shape index (κ2) is 5.97. The van der Waals surface area contributed by atoms with Crippen LogP contribution in [0.5, 0.6) is 0 Å². The molecule has 0 saturated heterocycles. The average Bonchev–Trinajstić information content (AvgIpc) is 2.75. The summed E-state index contributed by atoms with van der Waals surface area (Å²) in [7, 11) is 3.06. The van der Waals surface area contributed by atoms with Gasteiger partial charge in [0.25, 0.3) is 17.7 Å². The monoisotopic (exact) mass is 304 g/mol. The molecule has 22 heavy (non-hydrogen) atoms. The van der Waals surface area contributed by atoms with Gasteiger partial charge in [-0.2, -0.15) is 0 Å². The summed E-state index contributed by atoms with van der Waals surface area (Å²) in [6.07, 6.45) is 0. The number of esters is 1. The Kier molecular flexibility index (Phi) is 4.25. The third-order valence-corrected chi connectivity index (χ3v) is 3.39. The van der Waals surface area contributed by atoms with Crippen LogP contribution in [0.25, 0.3) is 0 Å². The Hall–Kier alpha value is -2.70. The molecule has 0 spiro atoms. The third-order valence-electron chi connectivity index (χ3n) is 3.39. The average molecular weight is 304 g/mol. The zero-order valence-electron chi connectivity index (χ0n) is 12.5. The molecule has 7 nitrogen and oxygen atoms in total. The molecular formula is C15H16N2O5. The Labute approximate surface area is 127 Å². The van der Waals surface area contributed by atoms with Gasteiger partial charge in [-0.25, -0.2) is 4.79 Å². The molecule has 0 unspecified atom stereocenters. The van der Waals surface area contributed by atoms with Crippen LogP contribution in [0.3, 0.4) is 0 Å². The molecule has 3 amide bonds. The minimum absolute atomic E-state index is 0.261. The molecule has 0 fully saturated rings. The molecular weight excluding hydrogens is 288 g/mol. The standard InChI is InChI=1S/C15H16N2O5/c1-9(15(21)22-8-12(18)16(2)3)17-13(19)10-6-4-5-7-11(10)14(17)20/h4-7,9H,8H2,1-3H3/t9-/m0/s1. The lowest BCUT2D eigenvalue weighted by molar-refractivity contribution is -0.154. The first-order chi connectivity index (χ1) is 10.3. The number of rotatable bonds is 4. The minimum atomic E-state index is -1.10. The van der Waals surface area contributed by atoms with Gasteiger partial charge >= 0.3 is 5.97 Å². The van der Waals surface area contributed by atoms with Crippen molar-refractivity contribution in [2.75, 3.05) is 20.7 Å². The van der Waals surface area contributed by atoms with Gasteiger partial charge in [0.1, 0.15) is 6.04 Å². The van der Waals surface area contributed by atoms with Gasteiger partial charge in [0.15, 0.2) is 6.61 Å². The molecule has 1 aliphatic rings. The molecule has 1 aromatic rings. The summed E-state index contributed by atoms with van der Waals surface area (Å²) < 4.78 is 4.86. The van der Waals surface area contributed by atoms with Crippen LogP contribution in [-0.4, -0.2) is 60.2 Å². The Morgan fingerprint density at radius 1 is 1.14 bits per heavy atom. The molecule has 1 aromatic carbocycles. The molecule has 0 aromatic heterocycles. The molecule has 0 radical (unpaired) electrons. The van der Waals surface area contributed by atoms with E-state index in [9.17, 15) is 19.2 Å². The number of carbonyl (C=O) groups is 4. The molecule has 1 aliphatic heterocycles. The summed E-state index contributed by atoms with van der Waals surface area (Å²) in [5.41, 5.74) is 0.521. The van der Waals surface area contributed by atoms with Crippen molar-refractivity contribution in [3.8, 4) is 0 Å². The summed E-state index contributed by atoms with van der Waals surface area (Å²) >= 11 is 0. The van der Waals surface area contributed by atoms with Crippen molar-refractivity contribution >= 4 is 23.7 Å². The van der Waals surface area contributed by atoms with E-state index in [-0.39, 0.29) is 17.0 Å². The number of hydrogen-bond acceptors (Lipinski definition) is 5. The maximum atomic E-state index is 12.2. The molecule has 1 heterocycles. The van der Waals surface area contributed by atoms with Crippen LogP contribution in [0, 0.1) is 0 Å². The first-order valence-electron chi connectivity index (χ1n) is 6.68. The molecule has 1 atom stereocenters. The summed E-state index contributed by atoms with van der Waals surface area (Å²) in [5.74, 6) is -2.26. The van der Waals surface area contributed by atoms with E-state index < -0.39 is 30.4 Å². The Morgan fingerprint density at radius 3 is 2.09 bits per heavy atom. The SMILES string of the molecule is C[C@@H](C(=O)OCC(=O)N(C)C)N1C(=O)c2ccccc2C1=O. The van der Waals surface area contributed by atoms with E-state index in [1.165, 1.54) is 38.1 Å². The van der Waals surface area contributed by atoms with Crippen molar-refractivity contribution < 1.29 is 23.9 Å². The number of likely N-dealkylation sites (N-methyl/N-ethyl adjacent to an activating group) is 1. The van der Waals surface area contributed by atoms with E-state index in [0.717, 1.165) is 4.90 Å². The molecule has 0 bridgehead atoms. The van der Waals surface area contributed by atoms with E-state index in [2.05, 4.69) is 0 Å². The highest BCUT2D eigenvalue weighted by Gasteiger charge is 2.41. The van der Waals surface area contributed by atoms with Gasteiger partial charge in [0.2, 0.25) is 0 Å². The number of imide groups is 1. The normalized spacial score (nSPS) is 14.6. The number of nitrogens with zero attached hydrogens (tertiary/aromatic N) is 2. The summed E-state index contributed by atoms with van der Waals surface area (Å²) in [6.45, 7) is 0.962. The van der Waals surface area contributed by atoms with Crippen molar-refractivity contribution in [2.45, 2.75) is 13.0 Å². The summed E-state index contributed by atoms with van der Waals surface area (Å²) in [4.78, 5) is 49.9. The molecule has 0 N–H and O–H groups in total. The molecule has 116 valence electrons. The van der Waals surface area contributed by atoms with Gasteiger partial charge in [-0.1, -0.05) is 12.1 Å². The van der Waals surface area contributed by atoms with Gasteiger partial charge in [-0.15, -0.1) is 0 Å². The predicted molar refractivity (Wildman–Crippen MR) is 76.1 cm³/mol. The van der Waals surface area contributed by atoms with Gasteiger partial charge in [-0.05, 0) is 19.1 Å². The number of hydrogen-bond donors (Lipinski definition) is 0. The van der Waals surface area contributed by atoms with E-state index in [0.29, 0.717) is 0 Å². The van der Waals surface area contributed by atoms with Crippen molar-refractivity contribution in [3.05, 3.63) is 35.4 Å². The number of benzene rings is 1. The van der Waals surface area contributed by atoms with Crippen LogP contribution >= 0.6 is 0 Å². The quantitative estimate of drug-likeness (QED) is 0.590. The largest absolute Gasteiger partial charge is 0.454 e. The smallest absolute Gasteiger partial charge is 0.329 e. The Balaban J connectivity index is 2.09. The van der Waals surface area contributed by atoms with Crippen LogP contribution in [0.4, 0.5) is 0 Å². The predicted octanol–water partition coefficient (Wildman–Crippen LogP) is 0.302. The molecule has 0 saturated carbocycles. The maximum absolute atomic E-state index is 12.2. The van der Waals surface area contributed by atoms with Crippen LogP contribution in [0.15, 0.2) is 24.3 Å². The van der Waals surface area contributed by atoms with Crippen molar-refractivity contribution in [1.29, 1.82) is 0 Å². The molecule has 2 rings (SSSR count). The highest BCUT2D eigenvalue weighted by molar-refractivity contribution is 6.22. The van der Waals surface area contributed by atoms with Gasteiger partial charge < -0.3 is 9.64 Å². The van der Waals surface area contributed by atoms with E-state index >= 15 is 0 Å². The topological polar surface area (TPSA) is 84.0 Å². The van der Waals surface area contributed by atoms with Crippen molar-refractivity contribution in [2.24, 2.45) is 0 Å². The fourth-order valence-corrected chi connectivity index (χ4v) is 2.05. The van der Waals surface area contributed by atoms with E-state index in [1.54, 1.807) is 12.1 Å². The fraction of sp³-hybridized carbons (Fsp3) is 0.333. The van der Waals surface area contributed by atoms with Gasteiger partial charge in [-0.3, -0.25) is 19.3 Å². The van der Waals surface area contributed by atoms with Gasteiger partial charge in [0, 0.05) is 14.1 Å². The lowest BCUT2D eigenvalue weighted by Gasteiger charge is -2.21. The lowest BCUT2D eigenvalue weighted by Crippen LogP contribution is -2.44.